The molecular weight excluding hydrogens is 150 g/mol. The SMILES string of the molecule is CC1CC(C)CC(C(=O)CN)C1. The van der Waals surface area contributed by atoms with Gasteiger partial charge in [0.25, 0.3) is 0 Å². The van der Waals surface area contributed by atoms with Crippen molar-refractivity contribution in [3.63, 3.8) is 0 Å². The number of hydrogen-bond donors (Lipinski definition) is 1. The number of ketones is 1. The van der Waals surface area contributed by atoms with Crippen LogP contribution in [0.5, 0.6) is 0 Å². The van der Waals surface area contributed by atoms with E-state index in [9.17, 15) is 4.79 Å². The smallest absolute Gasteiger partial charge is 0.149 e. The minimum absolute atomic E-state index is 0.226. The molecule has 1 fully saturated rings. The van der Waals surface area contributed by atoms with E-state index in [1.807, 2.05) is 0 Å². The Kier molecular flexibility index (Phi) is 3.27. The zero-order chi connectivity index (χ0) is 9.14. The Hall–Kier alpha value is -0.370. The number of carbonyl (C=O) groups is 1. The first kappa shape index (κ1) is 9.72. The molecule has 70 valence electrons. The Morgan fingerprint density at radius 2 is 1.75 bits per heavy atom. The van der Waals surface area contributed by atoms with Crippen LogP contribution in [-0.2, 0) is 4.79 Å². The molecule has 0 radical (unpaired) electrons. The van der Waals surface area contributed by atoms with Crippen LogP contribution in [0.1, 0.15) is 33.1 Å². The van der Waals surface area contributed by atoms with Gasteiger partial charge in [-0.25, -0.2) is 0 Å². The molecule has 1 aliphatic carbocycles. The fourth-order valence-electron chi connectivity index (χ4n) is 2.38. The molecule has 1 saturated carbocycles. The highest BCUT2D eigenvalue weighted by Crippen LogP contribution is 2.32. The third kappa shape index (κ3) is 2.31. The Labute approximate surface area is 74.5 Å². The fraction of sp³-hybridized carbons (Fsp3) is 0.900. The van der Waals surface area contributed by atoms with Crippen molar-refractivity contribution in [2.24, 2.45) is 23.5 Å². The molecule has 0 aromatic carbocycles. The Morgan fingerprint density at radius 1 is 1.25 bits per heavy atom. The summed E-state index contributed by atoms with van der Waals surface area (Å²) in [6, 6.07) is 0. The Morgan fingerprint density at radius 3 is 2.17 bits per heavy atom. The van der Waals surface area contributed by atoms with Crippen LogP contribution in [-0.4, -0.2) is 12.3 Å². The summed E-state index contributed by atoms with van der Waals surface area (Å²) in [5.41, 5.74) is 5.34. The van der Waals surface area contributed by atoms with Gasteiger partial charge in [-0.1, -0.05) is 13.8 Å². The van der Waals surface area contributed by atoms with Crippen LogP contribution >= 0.6 is 0 Å². The average Bonchev–Trinajstić information content (AvgIpc) is 2.01. The van der Waals surface area contributed by atoms with E-state index >= 15 is 0 Å². The van der Waals surface area contributed by atoms with Gasteiger partial charge in [0.1, 0.15) is 5.78 Å². The number of rotatable bonds is 2. The zero-order valence-electron chi connectivity index (χ0n) is 8.05. The number of Topliss-reactive ketones (excluding diaryl/α,β-unsaturated/α-hetero) is 1. The standard InChI is InChI=1S/C10H19NO/c1-7-3-8(2)5-9(4-7)10(12)6-11/h7-9H,3-6,11H2,1-2H3. The van der Waals surface area contributed by atoms with Crippen molar-refractivity contribution >= 4 is 5.78 Å². The predicted molar refractivity (Wildman–Crippen MR) is 49.7 cm³/mol. The maximum absolute atomic E-state index is 11.3. The van der Waals surface area contributed by atoms with Gasteiger partial charge in [0.15, 0.2) is 0 Å². The van der Waals surface area contributed by atoms with E-state index in [1.165, 1.54) is 6.42 Å². The largest absolute Gasteiger partial charge is 0.324 e. The van der Waals surface area contributed by atoms with E-state index in [-0.39, 0.29) is 18.2 Å². The highest BCUT2D eigenvalue weighted by Gasteiger charge is 2.27. The molecule has 2 unspecified atom stereocenters. The summed E-state index contributed by atoms with van der Waals surface area (Å²) in [6.07, 6.45) is 3.38. The molecule has 1 rings (SSSR count). The lowest BCUT2D eigenvalue weighted by atomic mass is 9.75. The lowest BCUT2D eigenvalue weighted by Gasteiger charge is -2.30. The molecule has 0 aromatic heterocycles. The van der Waals surface area contributed by atoms with Crippen LogP contribution in [0.2, 0.25) is 0 Å². The summed E-state index contributed by atoms with van der Waals surface area (Å²) in [7, 11) is 0. The van der Waals surface area contributed by atoms with E-state index in [2.05, 4.69) is 13.8 Å². The fourth-order valence-corrected chi connectivity index (χ4v) is 2.38. The highest BCUT2D eigenvalue weighted by atomic mass is 16.1. The summed E-state index contributed by atoms with van der Waals surface area (Å²) in [6.45, 7) is 4.68. The van der Waals surface area contributed by atoms with Crippen molar-refractivity contribution in [3.05, 3.63) is 0 Å². The van der Waals surface area contributed by atoms with Crippen LogP contribution in [0.15, 0.2) is 0 Å². The molecule has 0 heterocycles. The molecule has 2 N–H and O–H groups in total. The van der Waals surface area contributed by atoms with Crippen LogP contribution in [0.4, 0.5) is 0 Å². The Bertz CT molecular complexity index is 157. The average molecular weight is 169 g/mol. The zero-order valence-corrected chi connectivity index (χ0v) is 8.05. The van der Waals surface area contributed by atoms with Gasteiger partial charge >= 0.3 is 0 Å². The molecule has 0 aromatic rings. The topological polar surface area (TPSA) is 43.1 Å². The molecule has 0 spiro atoms. The van der Waals surface area contributed by atoms with Crippen LogP contribution in [0, 0.1) is 17.8 Å². The van der Waals surface area contributed by atoms with E-state index in [0.717, 1.165) is 12.8 Å². The predicted octanol–water partition coefficient (Wildman–Crippen LogP) is 1.59. The first-order valence-corrected chi connectivity index (χ1v) is 4.86. The Balaban J connectivity index is 2.49. The van der Waals surface area contributed by atoms with Crippen molar-refractivity contribution in [1.29, 1.82) is 0 Å². The minimum atomic E-state index is 0.226. The molecule has 0 saturated heterocycles. The monoisotopic (exact) mass is 169 g/mol. The van der Waals surface area contributed by atoms with Gasteiger partial charge in [0.2, 0.25) is 0 Å². The molecular formula is C10H19NO. The van der Waals surface area contributed by atoms with Crippen molar-refractivity contribution in [2.75, 3.05) is 6.54 Å². The van der Waals surface area contributed by atoms with Gasteiger partial charge < -0.3 is 5.73 Å². The number of nitrogens with two attached hydrogens (primary N) is 1. The third-order valence-electron chi connectivity index (χ3n) is 2.84. The first-order chi connectivity index (χ1) is 5.63. The van der Waals surface area contributed by atoms with Crippen molar-refractivity contribution in [3.8, 4) is 0 Å². The maximum atomic E-state index is 11.3. The van der Waals surface area contributed by atoms with Crippen LogP contribution in [0.3, 0.4) is 0 Å². The van der Waals surface area contributed by atoms with E-state index < -0.39 is 0 Å². The summed E-state index contributed by atoms with van der Waals surface area (Å²) in [5, 5.41) is 0. The second-order valence-electron chi connectivity index (χ2n) is 4.28. The van der Waals surface area contributed by atoms with Crippen molar-refractivity contribution in [2.45, 2.75) is 33.1 Å². The molecule has 0 aliphatic heterocycles. The van der Waals surface area contributed by atoms with Crippen molar-refractivity contribution in [1.82, 2.24) is 0 Å². The summed E-state index contributed by atoms with van der Waals surface area (Å²) in [5.74, 6) is 1.92. The van der Waals surface area contributed by atoms with Crippen molar-refractivity contribution < 1.29 is 4.79 Å². The molecule has 0 amide bonds. The molecule has 2 nitrogen and oxygen atoms in total. The normalized spacial score (nSPS) is 36.4. The van der Waals surface area contributed by atoms with Gasteiger partial charge in [0, 0.05) is 5.92 Å². The molecule has 1 aliphatic rings. The lowest BCUT2D eigenvalue weighted by molar-refractivity contribution is -0.123. The number of hydrogen-bond acceptors (Lipinski definition) is 2. The highest BCUT2D eigenvalue weighted by molar-refractivity contribution is 5.82. The van der Waals surface area contributed by atoms with Gasteiger partial charge in [-0.3, -0.25) is 4.79 Å². The van der Waals surface area contributed by atoms with Gasteiger partial charge in [0.05, 0.1) is 6.54 Å². The van der Waals surface area contributed by atoms with Crippen LogP contribution in [0.25, 0.3) is 0 Å². The molecule has 2 atom stereocenters. The second kappa shape index (κ2) is 4.04. The molecule has 2 heteroatoms. The second-order valence-corrected chi connectivity index (χ2v) is 4.28. The lowest BCUT2D eigenvalue weighted by Crippen LogP contribution is -2.30. The van der Waals surface area contributed by atoms with Gasteiger partial charge in [-0.05, 0) is 31.1 Å². The van der Waals surface area contributed by atoms with E-state index in [1.54, 1.807) is 0 Å². The maximum Gasteiger partial charge on any atom is 0.149 e. The summed E-state index contributed by atoms with van der Waals surface area (Å²) < 4.78 is 0. The first-order valence-electron chi connectivity index (χ1n) is 4.86. The third-order valence-corrected chi connectivity index (χ3v) is 2.84. The summed E-state index contributed by atoms with van der Waals surface area (Å²) in [4.78, 5) is 11.3. The molecule has 12 heavy (non-hydrogen) atoms. The van der Waals surface area contributed by atoms with Crippen LogP contribution < -0.4 is 5.73 Å². The van der Waals surface area contributed by atoms with E-state index in [4.69, 9.17) is 5.73 Å². The minimum Gasteiger partial charge on any atom is -0.324 e. The summed E-state index contributed by atoms with van der Waals surface area (Å²) >= 11 is 0. The van der Waals surface area contributed by atoms with Gasteiger partial charge in [-0.2, -0.15) is 0 Å². The molecule has 0 bridgehead atoms. The number of carbonyl (C=O) groups excluding carboxylic acids is 1. The van der Waals surface area contributed by atoms with Gasteiger partial charge in [-0.15, -0.1) is 0 Å². The van der Waals surface area contributed by atoms with E-state index in [0.29, 0.717) is 11.8 Å². The quantitative estimate of drug-likeness (QED) is 0.682.